The third kappa shape index (κ3) is 5.40. The van der Waals surface area contributed by atoms with Crippen molar-refractivity contribution in [3.63, 3.8) is 0 Å². The first-order chi connectivity index (χ1) is 19.1. The third-order valence-corrected chi connectivity index (χ3v) is 8.93. The highest BCUT2D eigenvalue weighted by Crippen LogP contribution is 2.41. The van der Waals surface area contributed by atoms with Crippen LogP contribution < -0.4 is 11.1 Å². The Morgan fingerprint density at radius 3 is 2.65 bits per heavy atom. The molecule has 4 aliphatic rings. The Morgan fingerprint density at radius 1 is 1.25 bits per heavy atom. The van der Waals surface area contributed by atoms with Crippen LogP contribution >= 0.6 is 23.1 Å². The van der Waals surface area contributed by atoms with Gasteiger partial charge in [-0.3, -0.25) is 24.1 Å². The molecule has 3 aliphatic heterocycles. The number of likely N-dealkylation sites (tertiary alicyclic amines) is 1. The molecule has 4 heterocycles. The molecule has 1 aliphatic carbocycles. The average molecular weight is 591 g/mol. The van der Waals surface area contributed by atoms with E-state index in [0.717, 1.165) is 41.9 Å². The Bertz CT molecular complexity index is 1360. The topological polar surface area (TPSA) is 205 Å². The number of carbonyl (C=O) groups excluding carboxylic acids is 3. The highest BCUT2D eigenvalue weighted by Gasteiger charge is 2.54. The van der Waals surface area contributed by atoms with Crippen molar-refractivity contribution >= 4 is 63.6 Å². The number of allylic oxidation sites excluding steroid dienone is 1. The largest absolute Gasteiger partial charge is 0.480 e. The van der Waals surface area contributed by atoms with Crippen molar-refractivity contribution in [3.05, 3.63) is 34.0 Å². The number of carboxylic acid groups (broad SMARTS) is 2. The van der Waals surface area contributed by atoms with Gasteiger partial charge in [0.05, 0.1) is 0 Å². The number of rotatable bonds is 9. The van der Waals surface area contributed by atoms with E-state index in [4.69, 9.17) is 15.7 Å². The predicted molar refractivity (Wildman–Crippen MR) is 143 cm³/mol. The number of nitrogens with zero attached hydrogens (tertiary/aromatic N) is 4. The second kappa shape index (κ2) is 11.3. The van der Waals surface area contributed by atoms with Crippen molar-refractivity contribution in [2.45, 2.75) is 49.6 Å². The van der Waals surface area contributed by atoms with Gasteiger partial charge in [-0.1, -0.05) is 5.16 Å². The first kappa shape index (κ1) is 27.6. The summed E-state index contributed by atoms with van der Waals surface area (Å²) in [6.45, 7) is -0.244. The lowest BCUT2D eigenvalue weighted by atomic mass is 10.0. The van der Waals surface area contributed by atoms with Gasteiger partial charge < -0.3 is 31.0 Å². The zero-order valence-electron chi connectivity index (χ0n) is 21.1. The van der Waals surface area contributed by atoms with Gasteiger partial charge in [-0.05, 0) is 43.8 Å². The molecule has 0 spiro atoms. The maximum atomic E-state index is 13.2. The summed E-state index contributed by atoms with van der Waals surface area (Å²) in [4.78, 5) is 74.1. The van der Waals surface area contributed by atoms with Crippen LogP contribution in [0.3, 0.4) is 0 Å². The number of fused-ring (bicyclic) bond motifs is 1. The Kier molecular flexibility index (Phi) is 7.80. The van der Waals surface area contributed by atoms with Crippen LogP contribution in [-0.2, 0) is 28.8 Å². The van der Waals surface area contributed by atoms with Gasteiger partial charge in [-0.15, -0.1) is 23.1 Å². The zero-order valence-corrected chi connectivity index (χ0v) is 22.7. The molecule has 14 nitrogen and oxygen atoms in total. The molecule has 212 valence electrons. The van der Waals surface area contributed by atoms with E-state index >= 15 is 0 Å². The quantitative estimate of drug-likeness (QED) is 0.134. The van der Waals surface area contributed by atoms with E-state index in [2.05, 4.69) is 15.5 Å². The summed E-state index contributed by atoms with van der Waals surface area (Å²) in [5.74, 6) is -4.16. The lowest BCUT2D eigenvalue weighted by Gasteiger charge is -2.49. The Labute approximate surface area is 235 Å². The molecule has 5 rings (SSSR count). The average Bonchev–Trinajstić information content (AvgIpc) is 3.66. The van der Waals surface area contributed by atoms with E-state index in [9.17, 15) is 29.1 Å². The van der Waals surface area contributed by atoms with E-state index < -0.39 is 47.6 Å². The van der Waals surface area contributed by atoms with Gasteiger partial charge in [0, 0.05) is 23.3 Å². The zero-order chi connectivity index (χ0) is 28.6. The number of aromatic nitrogens is 1. The molecule has 1 aromatic rings. The Morgan fingerprint density at radius 2 is 2.00 bits per heavy atom. The summed E-state index contributed by atoms with van der Waals surface area (Å²) in [6.07, 6.45) is 5.21. The van der Waals surface area contributed by atoms with Crippen LogP contribution in [0.4, 0.5) is 5.13 Å². The predicted octanol–water partition coefficient (Wildman–Crippen LogP) is 0.371. The monoisotopic (exact) mass is 590 g/mol. The van der Waals surface area contributed by atoms with Gasteiger partial charge in [-0.25, -0.2) is 9.78 Å². The lowest BCUT2D eigenvalue weighted by molar-refractivity contribution is -0.150. The number of oxime groups is 1. The molecule has 2 saturated heterocycles. The van der Waals surface area contributed by atoms with Crippen molar-refractivity contribution in [1.29, 1.82) is 0 Å². The first-order valence-electron chi connectivity index (χ1n) is 12.5. The van der Waals surface area contributed by atoms with Crippen molar-refractivity contribution in [1.82, 2.24) is 20.1 Å². The third-order valence-electron chi connectivity index (χ3n) is 6.95. The lowest BCUT2D eigenvalue weighted by Crippen LogP contribution is -2.71. The highest BCUT2D eigenvalue weighted by molar-refractivity contribution is 8.00. The van der Waals surface area contributed by atoms with Gasteiger partial charge in [0.25, 0.3) is 11.8 Å². The Hall–Kier alpha value is -3.92. The number of nitrogens with one attached hydrogen (secondary N) is 1. The van der Waals surface area contributed by atoms with Crippen LogP contribution in [0, 0.1) is 0 Å². The van der Waals surface area contributed by atoms with Crippen molar-refractivity contribution in [3.8, 4) is 0 Å². The van der Waals surface area contributed by atoms with E-state index in [1.54, 1.807) is 5.38 Å². The van der Waals surface area contributed by atoms with Crippen LogP contribution in [0.15, 0.2) is 33.5 Å². The number of hydrogen-bond acceptors (Lipinski definition) is 11. The molecule has 3 amide bonds. The minimum atomic E-state index is -1.35. The van der Waals surface area contributed by atoms with Crippen LogP contribution in [0.5, 0.6) is 0 Å². The highest BCUT2D eigenvalue weighted by atomic mass is 32.2. The molecular formula is C24H26N6O8S2. The second-order valence-electron chi connectivity index (χ2n) is 9.60. The number of carboxylic acids is 2. The summed E-state index contributed by atoms with van der Waals surface area (Å²) in [7, 11) is 0. The molecule has 0 unspecified atom stereocenters. The fourth-order valence-electron chi connectivity index (χ4n) is 5.01. The summed E-state index contributed by atoms with van der Waals surface area (Å²) in [5.41, 5.74) is 6.07. The van der Waals surface area contributed by atoms with Gasteiger partial charge >= 0.3 is 11.9 Å². The standard InChI is InChI=1S/C24H26N6O8S2/c25-24-26-14(10-40-24)16(28-38-13-3-1-2-4-13)19(33)27-17-21(35)30-18(23(36)37)12(9-39-22(17)30)7-11-5-6-29(20(11)34)8-15(31)32/h7,10,13,17,22H,1-6,8-9H2,(H2,25,26)(H,27,33)(H,31,32)(H,36,37)/t17-,22-/m1/s1. The van der Waals surface area contributed by atoms with Crippen LogP contribution in [0.25, 0.3) is 0 Å². The number of carbonyl (C=O) groups is 5. The SMILES string of the molecule is Nc1nc(C(=NOC2CCCC2)C(=O)N[C@@H]2C(=O)N3C(C(=O)O)=C(C=C4CCN(CC(=O)O)C4=O)CS[C@H]23)cs1. The second-order valence-corrected chi connectivity index (χ2v) is 11.6. The first-order valence-corrected chi connectivity index (χ1v) is 14.5. The summed E-state index contributed by atoms with van der Waals surface area (Å²) in [6, 6.07) is -1.02. The van der Waals surface area contributed by atoms with Crippen LogP contribution in [0.2, 0.25) is 0 Å². The molecule has 0 aromatic carbocycles. The fraction of sp³-hybridized carbons (Fsp3) is 0.458. The molecule has 40 heavy (non-hydrogen) atoms. The molecule has 5 N–H and O–H groups in total. The normalized spacial score (nSPS) is 24.4. The molecule has 16 heteroatoms. The van der Waals surface area contributed by atoms with Gasteiger partial charge in [-0.2, -0.15) is 0 Å². The van der Waals surface area contributed by atoms with Gasteiger partial charge in [0.2, 0.25) is 5.91 Å². The number of β-lactam (4-membered cyclic amide) rings is 1. The van der Waals surface area contributed by atoms with E-state index in [-0.39, 0.29) is 58.2 Å². The van der Waals surface area contributed by atoms with Gasteiger partial charge in [0.15, 0.2) is 10.8 Å². The minimum Gasteiger partial charge on any atom is -0.480 e. The molecule has 1 saturated carbocycles. The summed E-state index contributed by atoms with van der Waals surface area (Å²) < 4.78 is 0. The van der Waals surface area contributed by atoms with E-state index in [1.165, 1.54) is 22.7 Å². The van der Waals surface area contributed by atoms with Crippen LogP contribution in [0.1, 0.15) is 37.8 Å². The molecular weight excluding hydrogens is 564 g/mol. The fourth-order valence-corrected chi connectivity index (χ4v) is 6.86. The number of anilines is 1. The number of aliphatic carboxylic acids is 2. The van der Waals surface area contributed by atoms with E-state index in [1.807, 2.05) is 0 Å². The number of nitrogens with two attached hydrogens (primary N) is 1. The maximum Gasteiger partial charge on any atom is 0.352 e. The Balaban J connectivity index is 1.33. The van der Waals surface area contributed by atoms with Crippen molar-refractivity contribution < 1.29 is 39.0 Å². The number of nitrogen functional groups attached to an aromatic ring is 1. The number of amides is 3. The minimum absolute atomic E-state index is 0.118. The number of hydrogen-bond donors (Lipinski definition) is 4. The summed E-state index contributed by atoms with van der Waals surface area (Å²) in [5, 5.41) is 26.7. The molecule has 0 bridgehead atoms. The van der Waals surface area contributed by atoms with E-state index in [0.29, 0.717) is 0 Å². The molecule has 1 aromatic heterocycles. The molecule has 3 fully saturated rings. The summed E-state index contributed by atoms with van der Waals surface area (Å²) >= 11 is 2.36. The van der Waals surface area contributed by atoms with Gasteiger partial charge in [0.1, 0.15) is 35.5 Å². The number of thiazole rings is 1. The maximum absolute atomic E-state index is 13.2. The number of thioether (sulfide) groups is 1. The van der Waals surface area contributed by atoms with Crippen LogP contribution in [-0.4, -0.2) is 96.7 Å². The molecule has 2 atom stereocenters. The molecule has 0 radical (unpaired) electrons. The smallest absolute Gasteiger partial charge is 0.352 e. The van der Waals surface area contributed by atoms with Crippen molar-refractivity contribution in [2.24, 2.45) is 5.16 Å². The van der Waals surface area contributed by atoms with Crippen molar-refractivity contribution in [2.75, 3.05) is 24.6 Å².